The van der Waals surface area contributed by atoms with E-state index in [9.17, 15) is 8.42 Å². The van der Waals surface area contributed by atoms with Crippen LogP contribution in [0.15, 0.2) is 33.6 Å². The highest BCUT2D eigenvalue weighted by Crippen LogP contribution is 2.19. The molecule has 0 bridgehead atoms. The third kappa shape index (κ3) is 2.45. The first-order valence-electron chi connectivity index (χ1n) is 5.18. The maximum atomic E-state index is 12.2. The highest BCUT2D eigenvalue weighted by Gasteiger charge is 2.27. The number of nitrogens with two attached hydrogens (primary N) is 1. The molecule has 0 atom stereocenters. The van der Waals surface area contributed by atoms with Gasteiger partial charge in [-0.3, -0.25) is 0 Å². The second-order valence-corrected chi connectivity index (χ2v) is 6.58. The van der Waals surface area contributed by atoms with Crippen molar-refractivity contribution in [2.24, 2.45) is 0 Å². The fraction of sp³-hybridized carbons (Fsp3) is 0.400. The van der Waals surface area contributed by atoms with Crippen molar-refractivity contribution >= 4 is 26.0 Å². The van der Waals surface area contributed by atoms with Gasteiger partial charge in [-0.05, 0) is 18.2 Å². The quantitative estimate of drug-likeness (QED) is 0.837. The SMILES string of the molecule is O=S(=O)(c1cccc(Br)c1)N1CC[NH2+]CC1. The number of hydrogen-bond acceptors (Lipinski definition) is 2. The molecular weight excluding hydrogens is 292 g/mol. The van der Waals surface area contributed by atoms with E-state index in [1.807, 2.05) is 6.07 Å². The second kappa shape index (κ2) is 4.83. The lowest BCUT2D eigenvalue weighted by atomic mass is 10.4. The highest BCUT2D eigenvalue weighted by atomic mass is 79.9. The van der Waals surface area contributed by atoms with Gasteiger partial charge in [0.15, 0.2) is 0 Å². The molecule has 0 spiro atoms. The van der Waals surface area contributed by atoms with Gasteiger partial charge >= 0.3 is 0 Å². The summed E-state index contributed by atoms with van der Waals surface area (Å²) in [4.78, 5) is 0.365. The van der Waals surface area contributed by atoms with Crippen LogP contribution in [0.25, 0.3) is 0 Å². The summed E-state index contributed by atoms with van der Waals surface area (Å²) in [7, 11) is -3.30. The van der Waals surface area contributed by atoms with Crippen LogP contribution in [0, 0.1) is 0 Å². The molecule has 0 radical (unpaired) electrons. The van der Waals surface area contributed by atoms with Gasteiger partial charge in [-0.25, -0.2) is 8.42 Å². The zero-order valence-corrected chi connectivity index (χ0v) is 11.2. The van der Waals surface area contributed by atoms with Crippen LogP contribution in [0.4, 0.5) is 0 Å². The summed E-state index contributed by atoms with van der Waals surface area (Å²) in [6.45, 7) is 2.87. The number of quaternary nitrogens is 1. The van der Waals surface area contributed by atoms with E-state index in [4.69, 9.17) is 0 Å². The molecule has 2 N–H and O–H groups in total. The molecule has 1 saturated heterocycles. The van der Waals surface area contributed by atoms with Crippen molar-refractivity contribution in [1.82, 2.24) is 4.31 Å². The van der Waals surface area contributed by atoms with Crippen molar-refractivity contribution in [2.45, 2.75) is 4.90 Å². The first-order chi connectivity index (χ1) is 7.60. The Morgan fingerprint density at radius 2 is 1.94 bits per heavy atom. The topological polar surface area (TPSA) is 54.0 Å². The molecular formula is C10H14BrN2O2S+. The molecule has 1 aliphatic rings. The van der Waals surface area contributed by atoms with Gasteiger partial charge in [0, 0.05) is 4.47 Å². The van der Waals surface area contributed by atoms with Crippen LogP contribution in [-0.2, 0) is 10.0 Å². The standard InChI is InChI=1S/C10H13BrN2O2S/c11-9-2-1-3-10(8-9)16(14,15)13-6-4-12-5-7-13/h1-3,8,12H,4-7H2/p+1. The third-order valence-electron chi connectivity index (χ3n) is 2.60. The summed E-state index contributed by atoms with van der Waals surface area (Å²) in [6, 6.07) is 6.85. The fourth-order valence-corrected chi connectivity index (χ4v) is 3.81. The van der Waals surface area contributed by atoms with E-state index in [1.54, 1.807) is 22.5 Å². The van der Waals surface area contributed by atoms with Crippen molar-refractivity contribution < 1.29 is 13.7 Å². The first kappa shape index (κ1) is 12.0. The number of benzene rings is 1. The maximum absolute atomic E-state index is 12.2. The van der Waals surface area contributed by atoms with Gasteiger partial charge in [-0.15, -0.1) is 0 Å². The smallest absolute Gasteiger partial charge is 0.243 e. The number of hydrogen-bond donors (Lipinski definition) is 1. The van der Waals surface area contributed by atoms with Crippen LogP contribution in [0.2, 0.25) is 0 Å². The summed E-state index contributed by atoms with van der Waals surface area (Å²) < 4.78 is 26.8. The van der Waals surface area contributed by atoms with Crippen molar-refractivity contribution in [3.05, 3.63) is 28.7 Å². The summed E-state index contributed by atoms with van der Waals surface area (Å²) >= 11 is 3.29. The van der Waals surface area contributed by atoms with Crippen LogP contribution >= 0.6 is 15.9 Å². The van der Waals surface area contributed by atoms with E-state index in [0.717, 1.165) is 17.6 Å². The Hall–Kier alpha value is -0.430. The monoisotopic (exact) mass is 305 g/mol. The van der Waals surface area contributed by atoms with E-state index in [-0.39, 0.29) is 0 Å². The molecule has 0 aromatic heterocycles. The summed E-state index contributed by atoms with van der Waals surface area (Å²) in [6.07, 6.45) is 0. The molecule has 0 aliphatic carbocycles. The van der Waals surface area contributed by atoms with Gasteiger partial charge in [0.25, 0.3) is 0 Å². The van der Waals surface area contributed by atoms with Crippen LogP contribution in [-0.4, -0.2) is 38.9 Å². The minimum atomic E-state index is -3.30. The molecule has 4 nitrogen and oxygen atoms in total. The molecule has 88 valence electrons. The van der Waals surface area contributed by atoms with Gasteiger partial charge < -0.3 is 5.32 Å². The molecule has 1 aromatic rings. The Balaban J connectivity index is 2.30. The van der Waals surface area contributed by atoms with Crippen molar-refractivity contribution in [3.63, 3.8) is 0 Å². The van der Waals surface area contributed by atoms with Gasteiger partial charge in [0.1, 0.15) is 0 Å². The van der Waals surface area contributed by atoms with Gasteiger partial charge in [-0.1, -0.05) is 22.0 Å². The van der Waals surface area contributed by atoms with Crippen LogP contribution in [0.1, 0.15) is 0 Å². The van der Waals surface area contributed by atoms with Gasteiger partial charge in [0.2, 0.25) is 10.0 Å². The molecule has 6 heteroatoms. The first-order valence-corrected chi connectivity index (χ1v) is 7.41. The van der Waals surface area contributed by atoms with E-state index in [0.29, 0.717) is 18.0 Å². The van der Waals surface area contributed by atoms with Crippen molar-refractivity contribution in [2.75, 3.05) is 26.2 Å². The lowest BCUT2D eigenvalue weighted by Gasteiger charge is -2.24. The minimum Gasteiger partial charge on any atom is -0.344 e. The predicted molar refractivity (Wildman–Crippen MR) is 64.6 cm³/mol. The Labute approximate surface area is 104 Å². The molecule has 0 amide bonds. The zero-order chi connectivity index (χ0) is 11.6. The molecule has 1 heterocycles. The predicted octanol–water partition coefficient (Wildman–Crippen LogP) is 0.0168. The molecule has 1 fully saturated rings. The zero-order valence-electron chi connectivity index (χ0n) is 8.77. The summed E-state index contributed by atoms with van der Waals surface area (Å²) in [5.74, 6) is 0. The molecule has 0 unspecified atom stereocenters. The lowest BCUT2D eigenvalue weighted by molar-refractivity contribution is -0.661. The number of rotatable bonds is 2. The highest BCUT2D eigenvalue weighted by molar-refractivity contribution is 9.10. The average molecular weight is 306 g/mol. The number of halogens is 1. The number of piperazine rings is 1. The van der Waals surface area contributed by atoms with Crippen molar-refractivity contribution in [3.8, 4) is 0 Å². The molecule has 2 rings (SSSR count). The molecule has 1 aromatic carbocycles. The molecule has 1 aliphatic heterocycles. The fourth-order valence-electron chi connectivity index (χ4n) is 1.74. The average Bonchev–Trinajstić information content (AvgIpc) is 2.30. The van der Waals surface area contributed by atoms with Crippen LogP contribution < -0.4 is 5.32 Å². The molecule has 16 heavy (non-hydrogen) atoms. The van der Waals surface area contributed by atoms with E-state index < -0.39 is 10.0 Å². The van der Waals surface area contributed by atoms with Crippen molar-refractivity contribution in [1.29, 1.82) is 0 Å². The normalized spacial score (nSPS) is 18.6. The largest absolute Gasteiger partial charge is 0.344 e. The third-order valence-corrected chi connectivity index (χ3v) is 4.99. The Morgan fingerprint density at radius 1 is 1.25 bits per heavy atom. The Bertz CT molecular complexity index is 469. The number of nitrogens with zero attached hydrogens (tertiary/aromatic N) is 1. The Kier molecular flexibility index (Phi) is 3.63. The lowest BCUT2D eigenvalue weighted by Crippen LogP contribution is -2.89. The van der Waals surface area contributed by atoms with E-state index in [2.05, 4.69) is 21.2 Å². The molecule has 0 saturated carbocycles. The van der Waals surface area contributed by atoms with Gasteiger partial charge in [-0.2, -0.15) is 4.31 Å². The number of sulfonamides is 1. The van der Waals surface area contributed by atoms with E-state index in [1.165, 1.54) is 0 Å². The van der Waals surface area contributed by atoms with Crippen LogP contribution in [0.3, 0.4) is 0 Å². The second-order valence-electron chi connectivity index (χ2n) is 3.73. The van der Waals surface area contributed by atoms with Gasteiger partial charge in [0.05, 0.1) is 31.1 Å². The summed E-state index contributed by atoms with van der Waals surface area (Å²) in [5, 5.41) is 2.13. The minimum absolute atomic E-state index is 0.365. The van der Waals surface area contributed by atoms with E-state index >= 15 is 0 Å². The Morgan fingerprint density at radius 3 is 2.56 bits per heavy atom. The van der Waals surface area contributed by atoms with Crippen LogP contribution in [0.5, 0.6) is 0 Å². The summed E-state index contributed by atoms with van der Waals surface area (Å²) in [5.41, 5.74) is 0. The maximum Gasteiger partial charge on any atom is 0.243 e.